The Kier molecular flexibility index (Phi) is 6.17. The second kappa shape index (κ2) is 8.27. The molecule has 0 saturated carbocycles. The second-order valence-corrected chi connectivity index (χ2v) is 7.50. The molecule has 1 aromatic heterocycles. The number of halogens is 5. The van der Waals surface area contributed by atoms with Crippen molar-refractivity contribution < 1.29 is 18.0 Å². The van der Waals surface area contributed by atoms with E-state index >= 15 is 0 Å². The largest absolute Gasteiger partial charge is 0.417 e. The zero-order valence-corrected chi connectivity index (χ0v) is 16.4. The van der Waals surface area contributed by atoms with Crippen molar-refractivity contribution in [3.63, 3.8) is 0 Å². The van der Waals surface area contributed by atoms with Crippen LogP contribution in [0, 0.1) is 0 Å². The van der Waals surface area contributed by atoms with Crippen molar-refractivity contribution in [2.24, 2.45) is 0 Å². The van der Waals surface area contributed by atoms with Gasteiger partial charge in [0.1, 0.15) is 5.69 Å². The zero-order chi connectivity index (χ0) is 20.5. The molecular formula is C19H18Cl2F3N3O. The normalized spacial score (nSPS) is 20.1. The average Bonchev–Trinajstić information content (AvgIpc) is 2.68. The first-order valence-corrected chi connectivity index (χ1v) is 9.40. The molecule has 2 atom stereocenters. The number of carbonyl (C=O) groups excluding carboxylic acids is 1. The molecule has 28 heavy (non-hydrogen) atoms. The third kappa shape index (κ3) is 4.42. The molecule has 2 heterocycles. The number of likely N-dealkylation sites (N-methyl/N-ethyl adjacent to an activating group) is 1. The highest BCUT2D eigenvalue weighted by atomic mass is 35.5. The summed E-state index contributed by atoms with van der Waals surface area (Å²) in [5.41, 5.74) is 0.0239. The van der Waals surface area contributed by atoms with Crippen LogP contribution >= 0.6 is 23.2 Å². The van der Waals surface area contributed by atoms with E-state index in [-0.39, 0.29) is 17.7 Å². The maximum absolute atomic E-state index is 12.8. The molecule has 0 bridgehead atoms. The monoisotopic (exact) mass is 431 g/mol. The number of hydrogen-bond donors (Lipinski definition) is 1. The van der Waals surface area contributed by atoms with Gasteiger partial charge in [-0.15, -0.1) is 0 Å². The number of alkyl halides is 3. The van der Waals surface area contributed by atoms with Gasteiger partial charge in [0.15, 0.2) is 0 Å². The van der Waals surface area contributed by atoms with Crippen LogP contribution in [0.1, 0.15) is 34.0 Å². The summed E-state index contributed by atoms with van der Waals surface area (Å²) >= 11 is 12.1. The van der Waals surface area contributed by atoms with E-state index in [1.807, 2.05) is 6.07 Å². The number of nitrogens with one attached hydrogen (secondary N) is 1. The SMILES string of the molecule is CN(C(=O)c1ccc(C(F)(F)F)cn1)[C@@H]1CCNC[C@H]1c1ccc(Cl)c(Cl)c1. The Morgan fingerprint density at radius 1 is 1.21 bits per heavy atom. The summed E-state index contributed by atoms with van der Waals surface area (Å²) in [6.45, 7) is 1.36. The molecule has 1 aromatic carbocycles. The van der Waals surface area contributed by atoms with Gasteiger partial charge in [-0.3, -0.25) is 9.78 Å². The second-order valence-electron chi connectivity index (χ2n) is 6.69. The van der Waals surface area contributed by atoms with Crippen molar-refractivity contribution in [2.45, 2.75) is 24.6 Å². The highest BCUT2D eigenvalue weighted by molar-refractivity contribution is 6.42. The van der Waals surface area contributed by atoms with E-state index in [2.05, 4.69) is 10.3 Å². The van der Waals surface area contributed by atoms with Crippen molar-refractivity contribution in [3.8, 4) is 0 Å². The number of amides is 1. The molecular weight excluding hydrogens is 414 g/mol. The van der Waals surface area contributed by atoms with Crippen LogP contribution in [-0.4, -0.2) is 42.0 Å². The third-order valence-corrected chi connectivity index (χ3v) is 5.68. The molecule has 3 rings (SSSR count). The molecule has 0 spiro atoms. The Bertz CT molecular complexity index is 858. The maximum atomic E-state index is 12.8. The number of hydrogen-bond acceptors (Lipinski definition) is 3. The summed E-state index contributed by atoms with van der Waals surface area (Å²) in [5, 5.41) is 4.18. The number of rotatable bonds is 3. The van der Waals surface area contributed by atoms with Crippen molar-refractivity contribution in [2.75, 3.05) is 20.1 Å². The van der Waals surface area contributed by atoms with Crippen molar-refractivity contribution in [1.82, 2.24) is 15.2 Å². The number of piperidine rings is 1. The minimum absolute atomic E-state index is 0.0260. The van der Waals surface area contributed by atoms with Crippen molar-refractivity contribution >= 4 is 29.1 Å². The summed E-state index contributed by atoms with van der Waals surface area (Å²) < 4.78 is 38.1. The third-order valence-electron chi connectivity index (χ3n) is 4.95. The molecule has 0 radical (unpaired) electrons. The topological polar surface area (TPSA) is 45.2 Å². The summed E-state index contributed by atoms with van der Waals surface area (Å²) in [6.07, 6.45) is -3.12. The van der Waals surface area contributed by atoms with Gasteiger partial charge < -0.3 is 10.2 Å². The van der Waals surface area contributed by atoms with Crippen LogP contribution < -0.4 is 5.32 Å². The Balaban J connectivity index is 1.83. The van der Waals surface area contributed by atoms with Gasteiger partial charge in [0.25, 0.3) is 5.91 Å². The van der Waals surface area contributed by atoms with Crippen LogP contribution in [0.15, 0.2) is 36.5 Å². The standard InChI is InChI=1S/C19H18Cl2F3N3O/c1-27(18(28)16-5-3-12(9-26-16)19(22,23)24)17-6-7-25-10-13(17)11-2-4-14(20)15(21)8-11/h2-5,8-9,13,17,25H,6-7,10H2,1H3/t13-,17+/m0/s1. The van der Waals surface area contributed by atoms with Crippen LogP contribution in [0.25, 0.3) is 0 Å². The fraction of sp³-hybridized carbons (Fsp3) is 0.368. The molecule has 1 fully saturated rings. The number of aromatic nitrogens is 1. The first-order valence-electron chi connectivity index (χ1n) is 8.64. The van der Waals surface area contributed by atoms with Gasteiger partial charge in [-0.2, -0.15) is 13.2 Å². The van der Waals surface area contributed by atoms with Gasteiger partial charge in [0.2, 0.25) is 0 Å². The summed E-state index contributed by atoms with van der Waals surface area (Å²) in [6, 6.07) is 7.18. The van der Waals surface area contributed by atoms with E-state index in [0.717, 1.165) is 24.2 Å². The smallest absolute Gasteiger partial charge is 0.337 e. The van der Waals surface area contributed by atoms with Gasteiger partial charge in [-0.1, -0.05) is 29.3 Å². The zero-order valence-electron chi connectivity index (χ0n) is 14.9. The van der Waals surface area contributed by atoms with Gasteiger partial charge in [-0.05, 0) is 42.8 Å². The van der Waals surface area contributed by atoms with E-state index in [0.29, 0.717) is 29.2 Å². The predicted molar refractivity (Wildman–Crippen MR) is 102 cm³/mol. The summed E-state index contributed by atoms with van der Waals surface area (Å²) in [4.78, 5) is 18.1. The average molecular weight is 432 g/mol. The maximum Gasteiger partial charge on any atom is 0.417 e. The van der Waals surface area contributed by atoms with Gasteiger partial charge >= 0.3 is 6.18 Å². The Morgan fingerprint density at radius 2 is 1.96 bits per heavy atom. The molecule has 150 valence electrons. The van der Waals surface area contributed by atoms with Crippen LogP contribution in [0.3, 0.4) is 0 Å². The van der Waals surface area contributed by atoms with E-state index in [9.17, 15) is 18.0 Å². The quantitative estimate of drug-likeness (QED) is 0.770. The van der Waals surface area contributed by atoms with Gasteiger partial charge in [0.05, 0.1) is 15.6 Å². The Labute approximate surface area is 170 Å². The van der Waals surface area contributed by atoms with Crippen molar-refractivity contribution in [1.29, 1.82) is 0 Å². The lowest BCUT2D eigenvalue weighted by molar-refractivity contribution is -0.137. The molecule has 4 nitrogen and oxygen atoms in total. The minimum Gasteiger partial charge on any atom is -0.337 e. The first kappa shape index (κ1) is 20.9. The fourth-order valence-corrected chi connectivity index (χ4v) is 3.72. The lowest BCUT2D eigenvalue weighted by Crippen LogP contribution is -2.49. The predicted octanol–water partition coefficient (Wildman–Crippen LogP) is 4.62. The van der Waals surface area contributed by atoms with E-state index in [1.54, 1.807) is 24.1 Å². The van der Waals surface area contributed by atoms with Gasteiger partial charge in [0, 0.05) is 31.7 Å². The number of pyridine rings is 1. The molecule has 9 heteroatoms. The highest BCUT2D eigenvalue weighted by Crippen LogP contribution is 2.33. The molecule has 0 aliphatic carbocycles. The first-order chi connectivity index (χ1) is 13.2. The van der Waals surface area contributed by atoms with Crippen LogP contribution in [-0.2, 0) is 6.18 Å². The number of carbonyl (C=O) groups is 1. The van der Waals surface area contributed by atoms with Crippen LogP contribution in [0.2, 0.25) is 10.0 Å². The van der Waals surface area contributed by atoms with Crippen LogP contribution in [0.4, 0.5) is 13.2 Å². The lowest BCUT2D eigenvalue weighted by Gasteiger charge is -2.38. The fourth-order valence-electron chi connectivity index (χ4n) is 3.41. The van der Waals surface area contributed by atoms with Gasteiger partial charge in [-0.25, -0.2) is 0 Å². The molecule has 1 aliphatic heterocycles. The van der Waals surface area contributed by atoms with E-state index < -0.39 is 17.6 Å². The molecule has 1 amide bonds. The molecule has 1 aliphatic rings. The number of benzene rings is 1. The highest BCUT2D eigenvalue weighted by Gasteiger charge is 2.34. The Morgan fingerprint density at radius 3 is 2.57 bits per heavy atom. The molecule has 0 unspecified atom stereocenters. The lowest BCUT2D eigenvalue weighted by atomic mass is 9.86. The van der Waals surface area contributed by atoms with Crippen molar-refractivity contribution in [3.05, 3.63) is 63.4 Å². The molecule has 2 aromatic rings. The summed E-state index contributed by atoms with van der Waals surface area (Å²) in [5.74, 6) is -0.461. The molecule has 1 saturated heterocycles. The molecule has 1 N–H and O–H groups in total. The Hall–Kier alpha value is -1.83. The number of nitrogens with zero attached hydrogens (tertiary/aromatic N) is 2. The minimum atomic E-state index is -4.49. The summed E-state index contributed by atoms with van der Waals surface area (Å²) in [7, 11) is 1.64. The van der Waals surface area contributed by atoms with Crippen LogP contribution in [0.5, 0.6) is 0 Å². The van der Waals surface area contributed by atoms with E-state index in [4.69, 9.17) is 23.2 Å². The van der Waals surface area contributed by atoms with E-state index in [1.165, 1.54) is 0 Å².